The molecule has 4 aromatic rings. The zero-order valence-corrected chi connectivity index (χ0v) is 15.5. The molecule has 0 aliphatic rings. The van der Waals surface area contributed by atoms with E-state index in [9.17, 15) is 19.3 Å². The number of carbonyl (C=O) groups is 1. The first-order valence-corrected chi connectivity index (χ1v) is 8.93. The number of rotatable bonds is 6. The van der Waals surface area contributed by atoms with Gasteiger partial charge in [0.15, 0.2) is 0 Å². The van der Waals surface area contributed by atoms with Crippen LogP contribution in [0.15, 0.2) is 77.4 Å². The zero-order chi connectivity index (χ0) is 21.1. The Balaban J connectivity index is 1.74. The maximum Gasteiger partial charge on any atom is 0.271 e. The van der Waals surface area contributed by atoms with E-state index in [-0.39, 0.29) is 17.9 Å². The third-order valence-electron chi connectivity index (χ3n) is 4.37. The van der Waals surface area contributed by atoms with Crippen molar-refractivity contribution >= 4 is 11.6 Å². The quantitative estimate of drug-likeness (QED) is 0.383. The SMILES string of the molecule is O=C(NCc1ccco1)c1cc(-c2ccc(F)cc2)nn1-c1cccc([N+](=O)[O-])c1. The van der Waals surface area contributed by atoms with Crippen LogP contribution in [0, 0.1) is 15.9 Å². The average molecular weight is 406 g/mol. The summed E-state index contributed by atoms with van der Waals surface area (Å²) in [6, 6.07) is 16.4. The molecule has 150 valence electrons. The Morgan fingerprint density at radius 1 is 1.13 bits per heavy atom. The Morgan fingerprint density at radius 3 is 2.63 bits per heavy atom. The fourth-order valence-corrected chi connectivity index (χ4v) is 2.91. The van der Waals surface area contributed by atoms with Crippen molar-refractivity contribution in [2.45, 2.75) is 6.54 Å². The van der Waals surface area contributed by atoms with Gasteiger partial charge >= 0.3 is 0 Å². The van der Waals surface area contributed by atoms with E-state index in [4.69, 9.17) is 4.42 Å². The molecule has 2 aromatic heterocycles. The topological polar surface area (TPSA) is 103 Å². The molecule has 0 saturated heterocycles. The summed E-state index contributed by atoms with van der Waals surface area (Å²) in [6.45, 7) is 0.165. The summed E-state index contributed by atoms with van der Waals surface area (Å²) in [5.41, 5.74) is 1.40. The number of non-ortho nitro benzene ring substituents is 1. The van der Waals surface area contributed by atoms with Crippen LogP contribution in [0.2, 0.25) is 0 Å². The van der Waals surface area contributed by atoms with Gasteiger partial charge in [0, 0.05) is 17.7 Å². The van der Waals surface area contributed by atoms with Gasteiger partial charge in [-0.1, -0.05) is 6.07 Å². The van der Waals surface area contributed by atoms with Crippen molar-refractivity contribution in [1.29, 1.82) is 0 Å². The third-order valence-corrected chi connectivity index (χ3v) is 4.37. The minimum atomic E-state index is -0.523. The Kier molecular flexibility index (Phi) is 5.08. The van der Waals surface area contributed by atoms with Gasteiger partial charge in [0.25, 0.3) is 11.6 Å². The summed E-state index contributed by atoms with van der Waals surface area (Å²) in [5.74, 6) is -0.268. The Hall–Kier alpha value is -4.27. The summed E-state index contributed by atoms with van der Waals surface area (Å²) < 4.78 is 19.8. The number of nitrogens with one attached hydrogen (secondary N) is 1. The Bertz CT molecular complexity index is 1200. The fourth-order valence-electron chi connectivity index (χ4n) is 2.91. The van der Waals surface area contributed by atoms with Gasteiger partial charge in [-0.3, -0.25) is 14.9 Å². The minimum absolute atomic E-state index is 0.131. The molecule has 4 rings (SSSR count). The lowest BCUT2D eigenvalue weighted by Gasteiger charge is -2.07. The predicted octanol–water partition coefficient (Wildman–Crippen LogP) is 4.11. The number of nitro benzene ring substituents is 1. The highest BCUT2D eigenvalue weighted by Crippen LogP contribution is 2.24. The van der Waals surface area contributed by atoms with Crippen molar-refractivity contribution in [3.63, 3.8) is 0 Å². The van der Waals surface area contributed by atoms with E-state index >= 15 is 0 Å². The molecule has 9 heteroatoms. The number of hydrogen-bond donors (Lipinski definition) is 1. The molecule has 0 bridgehead atoms. The van der Waals surface area contributed by atoms with Gasteiger partial charge in [0.2, 0.25) is 0 Å². The second kappa shape index (κ2) is 8.00. The minimum Gasteiger partial charge on any atom is -0.467 e. The number of hydrogen-bond acceptors (Lipinski definition) is 5. The lowest BCUT2D eigenvalue weighted by molar-refractivity contribution is -0.384. The zero-order valence-electron chi connectivity index (χ0n) is 15.5. The van der Waals surface area contributed by atoms with Gasteiger partial charge in [0.1, 0.15) is 17.3 Å². The number of halogens is 1. The molecule has 0 fully saturated rings. The molecule has 30 heavy (non-hydrogen) atoms. The summed E-state index contributed by atoms with van der Waals surface area (Å²) in [7, 11) is 0. The van der Waals surface area contributed by atoms with Crippen LogP contribution < -0.4 is 5.32 Å². The smallest absolute Gasteiger partial charge is 0.271 e. The number of furan rings is 1. The van der Waals surface area contributed by atoms with Crippen molar-refractivity contribution in [3.8, 4) is 16.9 Å². The van der Waals surface area contributed by atoms with E-state index in [1.54, 1.807) is 36.4 Å². The fraction of sp³-hybridized carbons (Fsp3) is 0.0476. The van der Waals surface area contributed by atoms with Gasteiger partial charge in [-0.2, -0.15) is 5.10 Å². The van der Waals surface area contributed by atoms with Crippen molar-refractivity contribution in [2.75, 3.05) is 0 Å². The van der Waals surface area contributed by atoms with E-state index in [1.165, 1.54) is 41.3 Å². The summed E-state index contributed by atoms with van der Waals surface area (Å²) in [6.07, 6.45) is 1.50. The molecule has 0 saturated carbocycles. The van der Waals surface area contributed by atoms with E-state index in [2.05, 4.69) is 10.4 Å². The first-order chi connectivity index (χ1) is 14.5. The number of amides is 1. The maximum absolute atomic E-state index is 13.3. The molecule has 0 atom stereocenters. The van der Waals surface area contributed by atoms with Gasteiger partial charge in [-0.25, -0.2) is 9.07 Å². The third kappa shape index (κ3) is 3.95. The van der Waals surface area contributed by atoms with E-state index < -0.39 is 16.6 Å². The van der Waals surface area contributed by atoms with Crippen LogP contribution in [0.1, 0.15) is 16.2 Å². The number of nitrogens with zero attached hydrogens (tertiary/aromatic N) is 3. The Labute approximate surface area is 169 Å². The molecule has 2 heterocycles. The second-order valence-electron chi connectivity index (χ2n) is 6.37. The predicted molar refractivity (Wildman–Crippen MR) is 105 cm³/mol. The normalized spacial score (nSPS) is 10.7. The monoisotopic (exact) mass is 406 g/mol. The molecular weight excluding hydrogens is 391 g/mol. The van der Waals surface area contributed by atoms with E-state index in [0.29, 0.717) is 22.7 Å². The molecule has 0 aliphatic carbocycles. The van der Waals surface area contributed by atoms with Crippen LogP contribution in [0.5, 0.6) is 0 Å². The van der Waals surface area contributed by atoms with E-state index in [1.807, 2.05) is 0 Å². The van der Waals surface area contributed by atoms with Crippen molar-refractivity contribution in [2.24, 2.45) is 0 Å². The number of nitro groups is 1. The van der Waals surface area contributed by atoms with Gasteiger partial charge in [-0.15, -0.1) is 0 Å². The average Bonchev–Trinajstić information content (AvgIpc) is 3.43. The number of benzene rings is 2. The van der Waals surface area contributed by atoms with Crippen LogP contribution in [0.25, 0.3) is 16.9 Å². The van der Waals surface area contributed by atoms with Crippen LogP contribution in [0.3, 0.4) is 0 Å². The summed E-state index contributed by atoms with van der Waals surface area (Å²) in [4.78, 5) is 23.5. The largest absolute Gasteiger partial charge is 0.467 e. The summed E-state index contributed by atoms with van der Waals surface area (Å²) in [5, 5.41) is 18.3. The molecular formula is C21H15FN4O4. The van der Waals surface area contributed by atoms with Crippen LogP contribution >= 0.6 is 0 Å². The first-order valence-electron chi connectivity index (χ1n) is 8.93. The van der Waals surface area contributed by atoms with Gasteiger partial charge in [0.05, 0.1) is 29.1 Å². The van der Waals surface area contributed by atoms with Gasteiger partial charge < -0.3 is 9.73 Å². The molecule has 0 radical (unpaired) electrons. The highest BCUT2D eigenvalue weighted by atomic mass is 19.1. The molecule has 1 N–H and O–H groups in total. The maximum atomic E-state index is 13.3. The van der Waals surface area contributed by atoms with E-state index in [0.717, 1.165) is 0 Å². The molecule has 0 unspecified atom stereocenters. The molecule has 0 spiro atoms. The highest BCUT2D eigenvalue weighted by molar-refractivity contribution is 5.94. The van der Waals surface area contributed by atoms with Gasteiger partial charge in [-0.05, 0) is 48.5 Å². The lowest BCUT2D eigenvalue weighted by atomic mass is 10.1. The molecule has 2 aromatic carbocycles. The lowest BCUT2D eigenvalue weighted by Crippen LogP contribution is -2.25. The van der Waals surface area contributed by atoms with Crippen LogP contribution in [-0.2, 0) is 6.54 Å². The van der Waals surface area contributed by atoms with Crippen molar-refractivity contribution in [3.05, 3.63) is 100 Å². The molecule has 0 aliphatic heterocycles. The first kappa shape index (κ1) is 19.1. The second-order valence-corrected chi connectivity index (χ2v) is 6.37. The highest BCUT2D eigenvalue weighted by Gasteiger charge is 2.19. The van der Waals surface area contributed by atoms with Crippen molar-refractivity contribution < 1.29 is 18.5 Å². The standard InChI is InChI=1S/C21H15FN4O4/c22-15-8-6-14(7-9-15)19-12-20(21(27)23-13-18-5-2-10-30-18)25(24-19)16-3-1-4-17(11-16)26(28)29/h1-12H,13H2,(H,23,27). The van der Waals surface area contributed by atoms with Crippen molar-refractivity contribution in [1.82, 2.24) is 15.1 Å². The number of aromatic nitrogens is 2. The Morgan fingerprint density at radius 2 is 1.93 bits per heavy atom. The van der Waals surface area contributed by atoms with Crippen LogP contribution in [0.4, 0.5) is 10.1 Å². The number of carbonyl (C=O) groups excluding carboxylic acids is 1. The summed E-state index contributed by atoms with van der Waals surface area (Å²) >= 11 is 0. The van der Waals surface area contributed by atoms with Crippen LogP contribution in [-0.4, -0.2) is 20.6 Å². The molecule has 1 amide bonds. The molecule has 8 nitrogen and oxygen atoms in total.